The number of hydrogen-bond donors (Lipinski definition) is 1. The molecule has 4 fully saturated rings. The number of amides is 1. The summed E-state index contributed by atoms with van der Waals surface area (Å²) in [7, 11) is -1.93. The van der Waals surface area contributed by atoms with Crippen LogP contribution in [-0.4, -0.2) is 37.2 Å². The van der Waals surface area contributed by atoms with E-state index in [0.29, 0.717) is 34.9 Å². The molecule has 2 aromatic rings. The number of anilines is 1. The lowest BCUT2D eigenvalue weighted by atomic mass is 9.49. The van der Waals surface area contributed by atoms with Gasteiger partial charge in [0.25, 0.3) is 0 Å². The van der Waals surface area contributed by atoms with E-state index in [-0.39, 0.29) is 16.2 Å². The first-order chi connectivity index (χ1) is 13.8. The number of nitrogens with zero attached hydrogens (tertiary/aromatic N) is 2. The van der Waals surface area contributed by atoms with Crippen molar-refractivity contribution in [2.24, 2.45) is 23.2 Å². The van der Waals surface area contributed by atoms with Crippen molar-refractivity contribution in [3.8, 4) is 0 Å². The molecule has 4 saturated carbocycles. The van der Waals surface area contributed by atoms with Gasteiger partial charge in [0.15, 0.2) is 5.13 Å². The van der Waals surface area contributed by atoms with Crippen LogP contribution in [0.3, 0.4) is 0 Å². The van der Waals surface area contributed by atoms with Crippen LogP contribution in [0.15, 0.2) is 23.1 Å². The molecule has 1 heterocycles. The van der Waals surface area contributed by atoms with Crippen molar-refractivity contribution in [3.05, 3.63) is 18.2 Å². The van der Waals surface area contributed by atoms with Crippen LogP contribution in [0, 0.1) is 23.2 Å². The maximum atomic E-state index is 13.3. The Labute approximate surface area is 175 Å². The molecule has 0 spiro atoms. The van der Waals surface area contributed by atoms with E-state index in [1.165, 1.54) is 34.9 Å². The maximum Gasteiger partial charge on any atom is 0.242 e. The molecular weight excluding hydrogens is 406 g/mol. The molecule has 6 rings (SSSR count). The van der Waals surface area contributed by atoms with Crippen molar-refractivity contribution in [2.45, 2.75) is 50.3 Å². The minimum Gasteiger partial charge on any atom is -0.301 e. The molecule has 4 aliphatic carbocycles. The number of sulfonamides is 1. The average molecular weight is 434 g/mol. The van der Waals surface area contributed by atoms with Crippen LogP contribution in [0.1, 0.15) is 45.4 Å². The number of carbonyl (C=O) groups excluding carboxylic acids is 1. The number of nitrogens with one attached hydrogen (secondary N) is 1. The molecule has 0 aliphatic heterocycles. The normalized spacial score (nSPS) is 30.9. The standard InChI is InChI=1S/C21H27N3O3S2/c1-3-24(2)29(26,27)16-4-5-17-18(9-16)28-20(22-17)23-19(25)21-10-13-6-14(11-21)8-15(7-13)12-21/h4-5,9,13-15H,3,6-8,10-12H2,1-2H3,(H,22,23,25). The molecule has 4 aliphatic rings. The Hall–Kier alpha value is -1.51. The van der Waals surface area contributed by atoms with Crippen LogP contribution in [0.4, 0.5) is 5.13 Å². The summed E-state index contributed by atoms with van der Waals surface area (Å²) >= 11 is 1.35. The number of fused-ring (bicyclic) bond motifs is 1. The maximum absolute atomic E-state index is 13.3. The molecule has 0 radical (unpaired) electrons. The monoisotopic (exact) mass is 433 g/mol. The average Bonchev–Trinajstić information content (AvgIpc) is 3.07. The van der Waals surface area contributed by atoms with Gasteiger partial charge in [-0.1, -0.05) is 18.3 Å². The Morgan fingerprint density at radius 1 is 1.21 bits per heavy atom. The van der Waals surface area contributed by atoms with E-state index in [9.17, 15) is 13.2 Å². The number of rotatable bonds is 5. The fourth-order valence-electron chi connectivity index (χ4n) is 6.09. The van der Waals surface area contributed by atoms with Crippen LogP contribution in [-0.2, 0) is 14.8 Å². The van der Waals surface area contributed by atoms with Gasteiger partial charge < -0.3 is 5.32 Å². The summed E-state index contributed by atoms with van der Waals surface area (Å²) in [6, 6.07) is 4.98. The quantitative estimate of drug-likeness (QED) is 0.770. The summed E-state index contributed by atoms with van der Waals surface area (Å²) < 4.78 is 27.3. The Bertz CT molecular complexity index is 1040. The van der Waals surface area contributed by atoms with Crippen molar-refractivity contribution in [1.82, 2.24) is 9.29 Å². The lowest BCUT2D eigenvalue weighted by Crippen LogP contribution is -2.51. The molecule has 156 valence electrons. The van der Waals surface area contributed by atoms with Crippen molar-refractivity contribution >= 4 is 42.6 Å². The molecule has 4 bridgehead atoms. The van der Waals surface area contributed by atoms with Gasteiger partial charge in [0, 0.05) is 13.6 Å². The highest BCUT2D eigenvalue weighted by Gasteiger charge is 2.54. The summed E-state index contributed by atoms with van der Waals surface area (Å²) in [4.78, 5) is 18.1. The molecular formula is C21H27N3O3S2. The van der Waals surface area contributed by atoms with E-state index in [4.69, 9.17) is 0 Å². The van der Waals surface area contributed by atoms with Crippen molar-refractivity contribution < 1.29 is 13.2 Å². The molecule has 1 N–H and O–H groups in total. The second-order valence-corrected chi connectivity index (χ2v) is 12.3. The third kappa shape index (κ3) is 3.20. The van der Waals surface area contributed by atoms with E-state index in [1.54, 1.807) is 32.2 Å². The van der Waals surface area contributed by atoms with Gasteiger partial charge in [0.2, 0.25) is 15.9 Å². The van der Waals surface area contributed by atoms with Crippen LogP contribution >= 0.6 is 11.3 Å². The lowest BCUT2D eigenvalue weighted by Gasteiger charge is -2.55. The summed E-state index contributed by atoms with van der Waals surface area (Å²) in [6.07, 6.45) is 6.95. The molecule has 1 amide bonds. The molecule has 0 unspecified atom stereocenters. The van der Waals surface area contributed by atoms with Crippen molar-refractivity contribution in [3.63, 3.8) is 0 Å². The van der Waals surface area contributed by atoms with Gasteiger partial charge in [0.1, 0.15) is 0 Å². The highest BCUT2D eigenvalue weighted by atomic mass is 32.2. The first kappa shape index (κ1) is 19.5. The number of carbonyl (C=O) groups is 1. The first-order valence-electron chi connectivity index (χ1n) is 10.5. The van der Waals surface area contributed by atoms with E-state index >= 15 is 0 Å². The number of hydrogen-bond acceptors (Lipinski definition) is 5. The van der Waals surface area contributed by atoms with E-state index < -0.39 is 10.0 Å². The summed E-state index contributed by atoms with van der Waals surface area (Å²) in [5.41, 5.74) is 0.499. The molecule has 1 aromatic carbocycles. The summed E-state index contributed by atoms with van der Waals surface area (Å²) in [5, 5.41) is 3.66. The molecule has 6 nitrogen and oxygen atoms in total. The first-order valence-corrected chi connectivity index (χ1v) is 12.7. The zero-order valence-corrected chi connectivity index (χ0v) is 18.5. The lowest BCUT2D eigenvalue weighted by molar-refractivity contribution is -0.140. The van der Waals surface area contributed by atoms with Crippen LogP contribution in [0.2, 0.25) is 0 Å². The number of thiazole rings is 1. The van der Waals surface area contributed by atoms with Gasteiger partial charge in [0.05, 0.1) is 20.5 Å². The second kappa shape index (κ2) is 6.75. The predicted molar refractivity (Wildman–Crippen MR) is 114 cm³/mol. The van der Waals surface area contributed by atoms with Crippen LogP contribution in [0.5, 0.6) is 0 Å². The summed E-state index contributed by atoms with van der Waals surface area (Å²) in [6.45, 7) is 2.22. The minimum atomic E-state index is -3.50. The second-order valence-electron chi connectivity index (χ2n) is 9.22. The van der Waals surface area contributed by atoms with Gasteiger partial charge >= 0.3 is 0 Å². The summed E-state index contributed by atoms with van der Waals surface area (Å²) in [5.74, 6) is 2.26. The Morgan fingerprint density at radius 2 is 1.83 bits per heavy atom. The predicted octanol–water partition coefficient (Wildman–Crippen LogP) is 4.09. The van der Waals surface area contributed by atoms with E-state index in [1.807, 2.05) is 0 Å². The van der Waals surface area contributed by atoms with Crippen molar-refractivity contribution in [1.29, 1.82) is 0 Å². The van der Waals surface area contributed by atoms with Gasteiger partial charge in [-0.15, -0.1) is 0 Å². The number of benzene rings is 1. The Morgan fingerprint density at radius 3 is 2.41 bits per heavy atom. The van der Waals surface area contributed by atoms with Gasteiger partial charge in [-0.25, -0.2) is 17.7 Å². The Balaban J connectivity index is 1.39. The number of aromatic nitrogens is 1. The zero-order valence-electron chi connectivity index (χ0n) is 16.8. The van der Waals surface area contributed by atoms with Crippen LogP contribution in [0.25, 0.3) is 10.2 Å². The van der Waals surface area contributed by atoms with Gasteiger partial charge in [-0.3, -0.25) is 4.79 Å². The Kier molecular flexibility index (Phi) is 4.53. The molecule has 29 heavy (non-hydrogen) atoms. The highest BCUT2D eigenvalue weighted by Crippen LogP contribution is 2.60. The third-order valence-corrected chi connectivity index (χ3v) is 10.1. The molecule has 0 saturated heterocycles. The largest absolute Gasteiger partial charge is 0.301 e. The van der Waals surface area contributed by atoms with Crippen molar-refractivity contribution in [2.75, 3.05) is 18.9 Å². The zero-order chi connectivity index (χ0) is 20.4. The molecule has 8 heteroatoms. The van der Waals surface area contributed by atoms with E-state index in [0.717, 1.165) is 24.0 Å². The SMILES string of the molecule is CCN(C)S(=O)(=O)c1ccc2nc(NC(=O)C34CC5CC(CC(C5)C3)C4)sc2c1. The minimum absolute atomic E-state index is 0.120. The van der Waals surface area contributed by atoms with Crippen LogP contribution < -0.4 is 5.32 Å². The van der Waals surface area contributed by atoms with E-state index in [2.05, 4.69) is 10.3 Å². The van der Waals surface area contributed by atoms with Gasteiger partial charge in [-0.2, -0.15) is 0 Å². The highest BCUT2D eigenvalue weighted by molar-refractivity contribution is 7.89. The molecule has 0 atom stereocenters. The smallest absolute Gasteiger partial charge is 0.242 e. The topological polar surface area (TPSA) is 79.4 Å². The third-order valence-electron chi connectivity index (χ3n) is 7.25. The fraction of sp³-hybridized carbons (Fsp3) is 0.619. The fourth-order valence-corrected chi connectivity index (χ4v) is 8.27. The molecule has 1 aromatic heterocycles. The van der Waals surface area contributed by atoms with Gasteiger partial charge in [-0.05, 0) is 74.5 Å².